The van der Waals surface area contributed by atoms with Gasteiger partial charge in [-0.05, 0) is 13.8 Å². The van der Waals surface area contributed by atoms with Gasteiger partial charge in [0.1, 0.15) is 5.82 Å². The summed E-state index contributed by atoms with van der Waals surface area (Å²) in [4.78, 5) is 29.7. The van der Waals surface area contributed by atoms with Gasteiger partial charge < -0.3 is 14.9 Å². The highest BCUT2D eigenvalue weighted by Gasteiger charge is 2.18. The molecule has 0 radical (unpaired) electrons. The van der Waals surface area contributed by atoms with E-state index in [1.165, 1.54) is 9.80 Å². The quantitative estimate of drug-likeness (QED) is 0.781. The molecule has 8 heteroatoms. The van der Waals surface area contributed by atoms with Crippen molar-refractivity contribution in [2.45, 2.75) is 26.8 Å². The molecule has 0 unspecified atom stereocenters. The van der Waals surface area contributed by atoms with Crippen molar-refractivity contribution in [3.63, 3.8) is 0 Å². The first-order chi connectivity index (χ1) is 8.93. The molecular weight excluding hydrogens is 250 g/mol. The van der Waals surface area contributed by atoms with Gasteiger partial charge in [0.15, 0.2) is 5.82 Å². The third kappa shape index (κ3) is 4.57. The van der Waals surface area contributed by atoms with Gasteiger partial charge in [0.05, 0.1) is 13.0 Å². The molecule has 1 rings (SSSR count). The van der Waals surface area contributed by atoms with Gasteiger partial charge in [-0.25, -0.2) is 9.78 Å². The number of urea groups is 1. The van der Waals surface area contributed by atoms with E-state index >= 15 is 0 Å². The minimum atomic E-state index is -0.918. The zero-order valence-corrected chi connectivity index (χ0v) is 11.4. The fourth-order valence-electron chi connectivity index (χ4n) is 1.60. The van der Waals surface area contributed by atoms with Crippen LogP contribution in [-0.4, -0.2) is 62.2 Å². The molecule has 1 aromatic heterocycles. The van der Waals surface area contributed by atoms with Gasteiger partial charge in [-0.2, -0.15) is 5.10 Å². The normalized spacial score (nSPS) is 10.3. The summed E-state index contributed by atoms with van der Waals surface area (Å²) in [5.74, 6) is 0.301. The lowest BCUT2D eigenvalue weighted by molar-refractivity contribution is -0.137. The van der Waals surface area contributed by atoms with E-state index in [4.69, 9.17) is 5.11 Å². The number of aryl methyl sites for hydroxylation is 1. The van der Waals surface area contributed by atoms with Crippen molar-refractivity contribution in [3.8, 4) is 0 Å². The maximum absolute atomic E-state index is 12.1. The number of H-pyrrole nitrogens is 1. The van der Waals surface area contributed by atoms with Crippen LogP contribution < -0.4 is 0 Å². The molecule has 0 aliphatic rings. The van der Waals surface area contributed by atoms with E-state index in [0.29, 0.717) is 18.2 Å². The summed E-state index contributed by atoms with van der Waals surface area (Å²) < 4.78 is 0. The summed E-state index contributed by atoms with van der Waals surface area (Å²) in [6, 6.07) is -0.230. The highest BCUT2D eigenvalue weighted by Crippen LogP contribution is 2.03. The summed E-state index contributed by atoms with van der Waals surface area (Å²) >= 11 is 0. The SMILES string of the molecule is CCN(CCC(=O)O)C(=O)N(C)Cc1n[nH]c(C)n1. The summed E-state index contributed by atoms with van der Waals surface area (Å²) in [6.45, 7) is 4.53. The van der Waals surface area contributed by atoms with E-state index in [1.807, 2.05) is 6.92 Å². The number of nitrogens with one attached hydrogen (secondary N) is 1. The van der Waals surface area contributed by atoms with E-state index in [2.05, 4.69) is 15.2 Å². The van der Waals surface area contributed by atoms with Crippen molar-refractivity contribution in [3.05, 3.63) is 11.6 Å². The van der Waals surface area contributed by atoms with Gasteiger partial charge in [0.25, 0.3) is 0 Å². The predicted octanol–water partition coefficient (Wildman–Crippen LogP) is 0.462. The van der Waals surface area contributed by atoms with Gasteiger partial charge in [-0.3, -0.25) is 9.89 Å². The first kappa shape index (κ1) is 14.9. The van der Waals surface area contributed by atoms with Crippen LogP contribution in [-0.2, 0) is 11.3 Å². The maximum Gasteiger partial charge on any atom is 0.320 e. The van der Waals surface area contributed by atoms with Gasteiger partial charge in [-0.1, -0.05) is 0 Å². The number of carboxylic acid groups (broad SMARTS) is 1. The predicted molar refractivity (Wildman–Crippen MR) is 67.5 cm³/mol. The molecule has 1 aromatic rings. The third-order valence-electron chi connectivity index (χ3n) is 2.60. The lowest BCUT2D eigenvalue weighted by atomic mass is 10.4. The first-order valence-electron chi connectivity index (χ1n) is 6.03. The van der Waals surface area contributed by atoms with Gasteiger partial charge >= 0.3 is 12.0 Å². The first-order valence-corrected chi connectivity index (χ1v) is 6.03. The Balaban J connectivity index is 2.56. The van der Waals surface area contributed by atoms with Crippen molar-refractivity contribution in [1.29, 1.82) is 0 Å². The molecule has 0 fully saturated rings. The largest absolute Gasteiger partial charge is 0.481 e. The molecule has 1 heterocycles. The van der Waals surface area contributed by atoms with E-state index in [1.54, 1.807) is 14.0 Å². The van der Waals surface area contributed by atoms with E-state index < -0.39 is 5.97 Å². The number of carboxylic acids is 1. The number of rotatable bonds is 6. The molecule has 106 valence electrons. The Bertz CT molecular complexity index is 445. The number of aromatic nitrogens is 3. The number of hydrogen-bond acceptors (Lipinski definition) is 4. The fourth-order valence-corrected chi connectivity index (χ4v) is 1.60. The van der Waals surface area contributed by atoms with Crippen molar-refractivity contribution in [2.24, 2.45) is 0 Å². The van der Waals surface area contributed by atoms with Crippen LogP contribution >= 0.6 is 0 Å². The van der Waals surface area contributed by atoms with Gasteiger partial charge in [-0.15, -0.1) is 0 Å². The smallest absolute Gasteiger partial charge is 0.320 e. The van der Waals surface area contributed by atoms with Crippen LogP contribution in [0.4, 0.5) is 4.79 Å². The Morgan fingerprint density at radius 2 is 2.11 bits per heavy atom. The Labute approximate surface area is 111 Å². The summed E-state index contributed by atoms with van der Waals surface area (Å²) in [6.07, 6.45) is -0.0623. The second-order valence-electron chi connectivity index (χ2n) is 4.20. The number of nitrogens with zero attached hydrogens (tertiary/aromatic N) is 4. The maximum atomic E-state index is 12.1. The van der Waals surface area contributed by atoms with Crippen LogP contribution in [0, 0.1) is 6.92 Å². The van der Waals surface area contributed by atoms with Gasteiger partial charge in [0, 0.05) is 20.1 Å². The average molecular weight is 269 g/mol. The third-order valence-corrected chi connectivity index (χ3v) is 2.60. The molecule has 0 atom stereocenters. The van der Waals surface area contributed by atoms with E-state index in [0.717, 1.165) is 0 Å². The minimum Gasteiger partial charge on any atom is -0.481 e. The summed E-state index contributed by atoms with van der Waals surface area (Å²) in [5.41, 5.74) is 0. The Hall–Kier alpha value is -2.12. The molecule has 0 spiro atoms. The van der Waals surface area contributed by atoms with Crippen LogP contribution in [0.25, 0.3) is 0 Å². The number of amides is 2. The van der Waals surface area contributed by atoms with Crippen molar-refractivity contribution < 1.29 is 14.7 Å². The topological polar surface area (TPSA) is 102 Å². The molecule has 19 heavy (non-hydrogen) atoms. The molecule has 0 saturated heterocycles. The monoisotopic (exact) mass is 269 g/mol. The van der Waals surface area contributed by atoms with Crippen molar-refractivity contribution >= 4 is 12.0 Å². The molecule has 0 aliphatic heterocycles. The summed E-state index contributed by atoms with van der Waals surface area (Å²) in [7, 11) is 1.64. The van der Waals surface area contributed by atoms with Crippen LogP contribution in [0.5, 0.6) is 0 Å². The zero-order chi connectivity index (χ0) is 14.4. The lowest BCUT2D eigenvalue weighted by Gasteiger charge is -2.26. The number of aliphatic carboxylic acids is 1. The number of carbonyl (C=O) groups is 2. The Kier molecular flexibility index (Phi) is 5.28. The highest BCUT2D eigenvalue weighted by molar-refractivity contribution is 5.75. The number of aromatic amines is 1. The number of hydrogen-bond donors (Lipinski definition) is 2. The zero-order valence-electron chi connectivity index (χ0n) is 11.4. The molecule has 2 amide bonds. The lowest BCUT2D eigenvalue weighted by Crippen LogP contribution is -2.41. The van der Waals surface area contributed by atoms with Gasteiger partial charge in [0.2, 0.25) is 0 Å². The second-order valence-corrected chi connectivity index (χ2v) is 4.20. The molecular formula is C11H19N5O3. The van der Waals surface area contributed by atoms with E-state index in [-0.39, 0.29) is 25.5 Å². The Morgan fingerprint density at radius 1 is 1.42 bits per heavy atom. The van der Waals surface area contributed by atoms with Crippen LogP contribution in [0.1, 0.15) is 25.0 Å². The van der Waals surface area contributed by atoms with E-state index in [9.17, 15) is 9.59 Å². The molecule has 0 aromatic carbocycles. The van der Waals surface area contributed by atoms with Crippen molar-refractivity contribution in [1.82, 2.24) is 25.0 Å². The number of carbonyl (C=O) groups excluding carboxylic acids is 1. The molecule has 0 bridgehead atoms. The summed E-state index contributed by atoms with van der Waals surface area (Å²) in [5, 5.41) is 15.3. The fraction of sp³-hybridized carbons (Fsp3) is 0.636. The standard InChI is InChI=1S/C11H19N5O3/c1-4-16(6-5-10(17)18)11(19)15(3)7-9-12-8(2)13-14-9/h4-7H2,1-3H3,(H,17,18)(H,12,13,14). The molecule has 0 saturated carbocycles. The minimum absolute atomic E-state index is 0.0623. The second kappa shape index (κ2) is 6.72. The average Bonchev–Trinajstić information content (AvgIpc) is 2.74. The van der Waals surface area contributed by atoms with Crippen LogP contribution in [0.15, 0.2) is 0 Å². The molecule has 2 N–H and O–H groups in total. The van der Waals surface area contributed by atoms with Crippen LogP contribution in [0.2, 0.25) is 0 Å². The van der Waals surface area contributed by atoms with Crippen LogP contribution in [0.3, 0.4) is 0 Å². The highest BCUT2D eigenvalue weighted by atomic mass is 16.4. The molecule has 8 nitrogen and oxygen atoms in total. The Morgan fingerprint density at radius 3 is 2.58 bits per heavy atom. The van der Waals surface area contributed by atoms with Crippen molar-refractivity contribution in [2.75, 3.05) is 20.1 Å². The molecule has 0 aliphatic carbocycles.